The molecule has 4 nitrogen and oxygen atoms in total. The number of rotatable bonds is 3. The fourth-order valence-electron chi connectivity index (χ4n) is 1.71. The fraction of sp³-hybridized carbons (Fsp3) is 0.231. The first-order valence-electron chi connectivity index (χ1n) is 5.69. The lowest BCUT2D eigenvalue weighted by Gasteiger charge is -2.14. The van der Waals surface area contributed by atoms with Crippen LogP contribution < -0.4 is 5.32 Å². The zero-order valence-electron chi connectivity index (χ0n) is 10.0. The number of halogens is 1. The largest absolute Gasteiger partial charge is 0.335 e. The number of amides is 1. The molecule has 0 radical (unpaired) electrons. The molecule has 1 amide bonds. The van der Waals surface area contributed by atoms with Crippen LogP contribution >= 0.6 is 11.6 Å². The van der Waals surface area contributed by atoms with Crippen molar-refractivity contribution in [1.29, 1.82) is 0 Å². The summed E-state index contributed by atoms with van der Waals surface area (Å²) in [6.07, 6.45) is 5.34. The fourth-order valence-corrected chi connectivity index (χ4v) is 1.92. The number of hydrogen-bond acceptors (Lipinski definition) is 2. The van der Waals surface area contributed by atoms with Crippen molar-refractivity contribution in [2.24, 2.45) is 0 Å². The van der Waals surface area contributed by atoms with Crippen LogP contribution in [0.4, 0.5) is 4.79 Å². The van der Waals surface area contributed by atoms with E-state index in [0.717, 1.165) is 10.6 Å². The van der Waals surface area contributed by atoms with Gasteiger partial charge in [-0.1, -0.05) is 29.8 Å². The average molecular weight is 264 g/mol. The lowest BCUT2D eigenvalue weighted by molar-refractivity contribution is 0.239. The number of carbonyl (C=O) groups is 1. The second kappa shape index (κ2) is 5.69. The smallest absolute Gasteiger partial charge is 0.327 e. The Bertz CT molecular complexity index is 525. The van der Waals surface area contributed by atoms with E-state index < -0.39 is 0 Å². The molecular weight excluding hydrogens is 250 g/mol. The van der Waals surface area contributed by atoms with Gasteiger partial charge in [0.2, 0.25) is 0 Å². The van der Waals surface area contributed by atoms with Gasteiger partial charge in [-0.05, 0) is 25.0 Å². The number of nitrogens with one attached hydrogen (secondary N) is 1. The van der Waals surface area contributed by atoms with Gasteiger partial charge in [0, 0.05) is 23.5 Å². The highest BCUT2D eigenvalue weighted by Gasteiger charge is 2.10. The second-order valence-electron chi connectivity index (χ2n) is 4.12. The van der Waals surface area contributed by atoms with E-state index in [1.807, 2.05) is 31.2 Å². The maximum atomic E-state index is 11.8. The number of benzene rings is 1. The van der Waals surface area contributed by atoms with Crippen LogP contribution in [-0.2, 0) is 6.42 Å². The normalized spacial score (nSPS) is 12.1. The third-order valence-corrected chi connectivity index (χ3v) is 2.96. The quantitative estimate of drug-likeness (QED) is 0.926. The molecule has 18 heavy (non-hydrogen) atoms. The summed E-state index contributed by atoms with van der Waals surface area (Å²) >= 11 is 6.08. The van der Waals surface area contributed by atoms with Crippen molar-refractivity contribution >= 4 is 17.6 Å². The van der Waals surface area contributed by atoms with E-state index >= 15 is 0 Å². The van der Waals surface area contributed by atoms with Crippen LogP contribution in [0.25, 0.3) is 0 Å². The Balaban J connectivity index is 1.95. The maximum Gasteiger partial charge on any atom is 0.327 e. The number of imidazole rings is 1. The van der Waals surface area contributed by atoms with Crippen LogP contribution in [0, 0.1) is 0 Å². The van der Waals surface area contributed by atoms with Gasteiger partial charge >= 0.3 is 6.03 Å². The predicted molar refractivity (Wildman–Crippen MR) is 70.8 cm³/mol. The van der Waals surface area contributed by atoms with E-state index in [9.17, 15) is 4.79 Å². The van der Waals surface area contributed by atoms with Gasteiger partial charge < -0.3 is 5.32 Å². The minimum atomic E-state index is -0.188. The maximum absolute atomic E-state index is 11.8. The molecule has 0 bridgehead atoms. The Hall–Kier alpha value is -1.81. The summed E-state index contributed by atoms with van der Waals surface area (Å²) in [6, 6.07) is 7.45. The molecule has 1 aromatic carbocycles. The molecule has 0 fully saturated rings. The molecule has 0 aliphatic heterocycles. The van der Waals surface area contributed by atoms with Gasteiger partial charge in [-0.25, -0.2) is 9.78 Å². The molecule has 0 spiro atoms. The molecule has 0 saturated heterocycles. The highest BCUT2D eigenvalue weighted by atomic mass is 35.5. The first kappa shape index (κ1) is 12.6. The van der Waals surface area contributed by atoms with E-state index in [4.69, 9.17) is 11.6 Å². The first-order valence-corrected chi connectivity index (χ1v) is 6.07. The van der Waals surface area contributed by atoms with Crippen molar-refractivity contribution < 1.29 is 4.79 Å². The summed E-state index contributed by atoms with van der Waals surface area (Å²) in [4.78, 5) is 15.6. The van der Waals surface area contributed by atoms with Crippen LogP contribution in [-0.4, -0.2) is 21.6 Å². The molecule has 1 atom stereocenters. The molecule has 1 heterocycles. The van der Waals surface area contributed by atoms with E-state index in [-0.39, 0.29) is 12.1 Å². The van der Waals surface area contributed by atoms with Crippen molar-refractivity contribution in [2.45, 2.75) is 19.4 Å². The Labute approximate surface area is 111 Å². The standard InChI is InChI=1S/C13H14ClN3O/c1-10(8-11-4-2-3-5-12(11)14)16-13(18)17-7-6-15-9-17/h2-7,9-10H,8H2,1H3,(H,16,18). The van der Waals surface area contributed by atoms with Crippen molar-refractivity contribution in [3.05, 3.63) is 53.6 Å². The molecular formula is C13H14ClN3O. The van der Waals surface area contributed by atoms with Crippen molar-refractivity contribution in [3.8, 4) is 0 Å². The van der Waals surface area contributed by atoms with E-state index in [1.165, 1.54) is 10.9 Å². The number of nitrogens with zero attached hydrogens (tertiary/aromatic N) is 2. The third-order valence-electron chi connectivity index (χ3n) is 2.59. The third kappa shape index (κ3) is 3.11. The predicted octanol–water partition coefficient (Wildman–Crippen LogP) is 2.73. The summed E-state index contributed by atoms with van der Waals surface area (Å²) in [5.74, 6) is 0. The molecule has 1 aromatic heterocycles. The number of hydrogen-bond donors (Lipinski definition) is 1. The Kier molecular flexibility index (Phi) is 3.99. The first-order chi connectivity index (χ1) is 8.66. The number of carbonyl (C=O) groups excluding carboxylic acids is 1. The van der Waals surface area contributed by atoms with Crippen LogP contribution in [0.3, 0.4) is 0 Å². The van der Waals surface area contributed by atoms with Crippen molar-refractivity contribution in [1.82, 2.24) is 14.9 Å². The van der Waals surface area contributed by atoms with Gasteiger partial charge in [0.1, 0.15) is 6.33 Å². The highest BCUT2D eigenvalue weighted by Crippen LogP contribution is 2.16. The van der Waals surface area contributed by atoms with Gasteiger partial charge in [0.15, 0.2) is 0 Å². The Morgan fingerprint density at radius 3 is 2.94 bits per heavy atom. The molecule has 94 valence electrons. The van der Waals surface area contributed by atoms with E-state index in [1.54, 1.807) is 12.4 Å². The SMILES string of the molecule is CC(Cc1ccccc1Cl)NC(=O)n1ccnc1. The van der Waals surface area contributed by atoms with E-state index in [0.29, 0.717) is 6.42 Å². The lowest BCUT2D eigenvalue weighted by Crippen LogP contribution is -2.36. The Morgan fingerprint density at radius 1 is 1.50 bits per heavy atom. The summed E-state index contributed by atoms with van der Waals surface area (Å²) in [5, 5.41) is 3.61. The number of aromatic nitrogens is 2. The zero-order chi connectivity index (χ0) is 13.0. The topological polar surface area (TPSA) is 46.9 Å². The molecule has 1 unspecified atom stereocenters. The van der Waals surface area contributed by atoms with Crippen LogP contribution in [0.5, 0.6) is 0 Å². The Morgan fingerprint density at radius 2 is 2.28 bits per heavy atom. The summed E-state index contributed by atoms with van der Waals surface area (Å²) < 4.78 is 1.41. The van der Waals surface area contributed by atoms with Gasteiger partial charge in [0.25, 0.3) is 0 Å². The average Bonchev–Trinajstić information content (AvgIpc) is 2.85. The van der Waals surface area contributed by atoms with Gasteiger partial charge in [-0.2, -0.15) is 0 Å². The van der Waals surface area contributed by atoms with Crippen LogP contribution in [0.1, 0.15) is 12.5 Å². The zero-order valence-corrected chi connectivity index (χ0v) is 10.8. The monoisotopic (exact) mass is 263 g/mol. The molecule has 0 aliphatic carbocycles. The van der Waals surface area contributed by atoms with Gasteiger partial charge in [0.05, 0.1) is 0 Å². The van der Waals surface area contributed by atoms with Gasteiger partial charge in [-0.3, -0.25) is 4.57 Å². The molecule has 5 heteroatoms. The van der Waals surface area contributed by atoms with Crippen molar-refractivity contribution in [3.63, 3.8) is 0 Å². The van der Waals surface area contributed by atoms with Crippen molar-refractivity contribution in [2.75, 3.05) is 0 Å². The van der Waals surface area contributed by atoms with Crippen LogP contribution in [0.2, 0.25) is 5.02 Å². The molecule has 1 N–H and O–H groups in total. The lowest BCUT2D eigenvalue weighted by atomic mass is 10.1. The molecule has 2 rings (SSSR count). The highest BCUT2D eigenvalue weighted by molar-refractivity contribution is 6.31. The molecule has 0 saturated carbocycles. The van der Waals surface area contributed by atoms with Crippen LogP contribution in [0.15, 0.2) is 43.0 Å². The molecule has 2 aromatic rings. The second-order valence-corrected chi connectivity index (χ2v) is 4.52. The minimum Gasteiger partial charge on any atom is -0.335 e. The van der Waals surface area contributed by atoms with Gasteiger partial charge in [-0.15, -0.1) is 0 Å². The summed E-state index contributed by atoms with van der Waals surface area (Å²) in [6.45, 7) is 1.94. The van der Waals surface area contributed by atoms with E-state index in [2.05, 4.69) is 10.3 Å². The molecule has 0 aliphatic rings. The summed E-state index contributed by atoms with van der Waals surface area (Å²) in [7, 11) is 0. The minimum absolute atomic E-state index is 0.000185. The summed E-state index contributed by atoms with van der Waals surface area (Å²) in [5.41, 5.74) is 1.03.